The maximum absolute atomic E-state index is 12.1. The highest BCUT2D eigenvalue weighted by Gasteiger charge is 2.26. The van der Waals surface area contributed by atoms with E-state index in [-0.39, 0.29) is 11.5 Å². The molecule has 0 aliphatic heterocycles. The summed E-state index contributed by atoms with van der Waals surface area (Å²) in [5, 5.41) is 2.47. The maximum Gasteiger partial charge on any atom is 0.349 e. The zero-order chi connectivity index (χ0) is 15.6. The lowest BCUT2D eigenvalue weighted by Crippen LogP contribution is -2.45. The smallest absolute Gasteiger partial charge is 0.349 e. The van der Waals surface area contributed by atoms with Crippen LogP contribution in [0.5, 0.6) is 0 Å². The van der Waals surface area contributed by atoms with Crippen molar-refractivity contribution in [1.82, 2.24) is 5.32 Å². The number of carbonyl (C=O) groups excluding carboxylic acids is 2. The third kappa shape index (κ3) is 3.15. The second-order valence-corrected chi connectivity index (χ2v) is 5.46. The topological polar surface area (TPSA) is 102 Å². The van der Waals surface area contributed by atoms with E-state index in [9.17, 15) is 14.4 Å². The third-order valence-electron chi connectivity index (χ3n) is 3.96. The Morgan fingerprint density at radius 3 is 2.57 bits per heavy atom. The van der Waals surface area contributed by atoms with Crippen LogP contribution in [0.1, 0.15) is 60.2 Å². The number of amides is 2. The zero-order valence-corrected chi connectivity index (χ0v) is 12.3. The van der Waals surface area contributed by atoms with Crippen molar-refractivity contribution in [3.05, 3.63) is 33.4 Å². The molecule has 1 fully saturated rings. The highest BCUT2D eigenvalue weighted by atomic mass is 16.4. The third-order valence-corrected chi connectivity index (χ3v) is 3.96. The lowest BCUT2D eigenvalue weighted by atomic mass is 9.83. The monoisotopic (exact) mass is 292 g/mol. The molecule has 6 nitrogen and oxygen atoms in total. The number of rotatable bonds is 5. The molecule has 1 heterocycles. The van der Waals surface area contributed by atoms with E-state index in [4.69, 9.17) is 10.2 Å². The molecule has 1 aromatic heterocycles. The minimum Gasteiger partial charge on any atom is -0.427 e. The van der Waals surface area contributed by atoms with E-state index >= 15 is 0 Å². The van der Waals surface area contributed by atoms with Crippen molar-refractivity contribution in [2.45, 2.75) is 51.5 Å². The van der Waals surface area contributed by atoms with Crippen LogP contribution < -0.4 is 16.7 Å². The highest BCUT2D eigenvalue weighted by molar-refractivity contribution is 5.97. The fourth-order valence-electron chi connectivity index (χ4n) is 2.40. The molecule has 0 aromatic carbocycles. The van der Waals surface area contributed by atoms with Crippen LogP contribution in [0.3, 0.4) is 0 Å². The number of nitrogens with one attached hydrogen (secondary N) is 1. The SMILES string of the molecule is CC[C@H](NC(=O)c1c(C)cc(C2CCC2)oc1=O)C(N)=O. The molecule has 0 saturated heterocycles. The first-order valence-corrected chi connectivity index (χ1v) is 7.18. The molecule has 6 heteroatoms. The number of aryl methyl sites for hydroxylation is 1. The van der Waals surface area contributed by atoms with Crippen LogP contribution >= 0.6 is 0 Å². The van der Waals surface area contributed by atoms with Gasteiger partial charge in [-0.1, -0.05) is 13.3 Å². The quantitative estimate of drug-likeness (QED) is 0.851. The van der Waals surface area contributed by atoms with Gasteiger partial charge in [-0.05, 0) is 37.8 Å². The van der Waals surface area contributed by atoms with Gasteiger partial charge in [-0.2, -0.15) is 0 Å². The van der Waals surface area contributed by atoms with Gasteiger partial charge in [0.25, 0.3) is 5.91 Å². The minimum atomic E-state index is -0.789. The molecule has 1 aliphatic carbocycles. The number of nitrogens with two attached hydrogens (primary N) is 1. The molecule has 1 aliphatic rings. The average molecular weight is 292 g/mol. The van der Waals surface area contributed by atoms with Gasteiger partial charge in [0.05, 0.1) is 0 Å². The van der Waals surface area contributed by atoms with Crippen LogP contribution in [0.25, 0.3) is 0 Å². The van der Waals surface area contributed by atoms with Crippen LogP contribution in [-0.4, -0.2) is 17.9 Å². The molecule has 1 saturated carbocycles. The Kier molecular flexibility index (Phi) is 4.45. The Morgan fingerprint density at radius 2 is 2.14 bits per heavy atom. The van der Waals surface area contributed by atoms with Gasteiger partial charge in [-0.25, -0.2) is 4.79 Å². The van der Waals surface area contributed by atoms with Gasteiger partial charge in [-0.3, -0.25) is 9.59 Å². The molecule has 21 heavy (non-hydrogen) atoms. The molecule has 2 rings (SSSR count). The Balaban J connectivity index is 2.25. The normalized spacial score (nSPS) is 16.1. The minimum absolute atomic E-state index is 0.0576. The summed E-state index contributed by atoms with van der Waals surface area (Å²) >= 11 is 0. The van der Waals surface area contributed by atoms with E-state index in [1.54, 1.807) is 19.9 Å². The summed E-state index contributed by atoms with van der Waals surface area (Å²) < 4.78 is 5.26. The van der Waals surface area contributed by atoms with Crippen molar-refractivity contribution in [1.29, 1.82) is 0 Å². The van der Waals surface area contributed by atoms with E-state index in [1.807, 2.05) is 0 Å². The predicted molar refractivity (Wildman–Crippen MR) is 77.0 cm³/mol. The summed E-state index contributed by atoms with van der Waals surface area (Å²) in [5.74, 6) is -0.323. The van der Waals surface area contributed by atoms with E-state index < -0.39 is 23.5 Å². The molecule has 1 aromatic rings. The van der Waals surface area contributed by atoms with Crippen molar-refractivity contribution < 1.29 is 14.0 Å². The molecule has 2 amide bonds. The maximum atomic E-state index is 12.1. The molecule has 1 atom stereocenters. The van der Waals surface area contributed by atoms with Gasteiger partial charge in [-0.15, -0.1) is 0 Å². The zero-order valence-electron chi connectivity index (χ0n) is 12.3. The first-order valence-electron chi connectivity index (χ1n) is 7.18. The fraction of sp³-hybridized carbons (Fsp3) is 0.533. The van der Waals surface area contributed by atoms with E-state index in [1.165, 1.54) is 0 Å². The van der Waals surface area contributed by atoms with E-state index in [0.29, 0.717) is 17.7 Å². The summed E-state index contributed by atoms with van der Waals surface area (Å²) in [6.07, 6.45) is 3.51. The number of carbonyl (C=O) groups is 2. The van der Waals surface area contributed by atoms with Crippen LogP contribution in [0.2, 0.25) is 0 Å². The lowest BCUT2D eigenvalue weighted by molar-refractivity contribution is -0.119. The lowest BCUT2D eigenvalue weighted by Gasteiger charge is -2.24. The van der Waals surface area contributed by atoms with E-state index in [0.717, 1.165) is 19.3 Å². The summed E-state index contributed by atoms with van der Waals surface area (Å²) in [5.41, 5.74) is 5.03. The van der Waals surface area contributed by atoms with Crippen molar-refractivity contribution >= 4 is 11.8 Å². The largest absolute Gasteiger partial charge is 0.427 e. The Labute approximate surface area is 122 Å². The molecular weight excluding hydrogens is 272 g/mol. The van der Waals surface area contributed by atoms with Crippen molar-refractivity contribution in [3.8, 4) is 0 Å². The fourth-order valence-corrected chi connectivity index (χ4v) is 2.40. The van der Waals surface area contributed by atoms with Crippen LogP contribution in [0.15, 0.2) is 15.3 Å². The first-order chi connectivity index (χ1) is 9.93. The van der Waals surface area contributed by atoms with Gasteiger partial charge in [0.2, 0.25) is 5.91 Å². The molecule has 114 valence electrons. The second kappa shape index (κ2) is 6.11. The Morgan fingerprint density at radius 1 is 1.48 bits per heavy atom. The number of primary amides is 1. The summed E-state index contributed by atoms with van der Waals surface area (Å²) in [4.78, 5) is 35.4. The molecule has 0 bridgehead atoms. The van der Waals surface area contributed by atoms with Crippen LogP contribution in [-0.2, 0) is 4.79 Å². The van der Waals surface area contributed by atoms with Gasteiger partial charge < -0.3 is 15.5 Å². The van der Waals surface area contributed by atoms with Gasteiger partial charge >= 0.3 is 5.63 Å². The summed E-state index contributed by atoms with van der Waals surface area (Å²) in [7, 11) is 0. The van der Waals surface area contributed by atoms with Crippen molar-refractivity contribution in [3.63, 3.8) is 0 Å². The van der Waals surface area contributed by atoms with Crippen LogP contribution in [0.4, 0.5) is 0 Å². The molecular formula is C15H20N2O4. The molecule has 0 spiro atoms. The molecule has 0 unspecified atom stereocenters. The van der Waals surface area contributed by atoms with Gasteiger partial charge in [0, 0.05) is 5.92 Å². The number of hydrogen-bond acceptors (Lipinski definition) is 4. The van der Waals surface area contributed by atoms with Gasteiger partial charge in [0.15, 0.2) is 0 Å². The number of hydrogen-bond donors (Lipinski definition) is 2. The Hall–Kier alpha value is -2.11. The average Bonchev–Trinajstić information content (AvgIpc) is 2.32. The summed E-state index contributed by atoms with van der Waals surface area (Å²) in [6.45, 7) is 3.42. The Bertz CT molecular complexity index is 617. The first kappa shape index (κ1) is 15.3. The van der Waals surface area contributed by atoms with Crippen LogP contribution in [0, 0.1) is 6.92 Å². The standard InChI is InChI=1S/C15H20N2O4/c1-3-10(13(16)18)17-14(19)12-8(2)7-11(21-15(12)20)9-5-4-6-9/h7,9-10H,3-6H2,1-2H3,(H2,16,18)(H,17,19)/t10-/m0/s1. The highest BCUT2D eigenvalue weighted by Crippen LogP contribution is 2.36. The van der Waals surface area contributed by atoms with Crippen molar-refractivity contribution in [2.75, 3.05) is 0 Å². The summed E-state index contributed by atoms with van der Waals surface area (Å²) in [6, 6.07) is 0.952. The molecule has 3 N–H and O–H groups in total. The van der Waals surface area contributed by atoms with E-state index in [2.05, 4.69) is 5.32 Å². The van der Waals surface area contributed by atoms with Crippen molar-refractivity contribution in [2.24, 2.45) is 5.73 Å². The second-order valence-electron chi connectivity index (χ2n) is 5.46. The predicted octanol–water partition coefficient (Wildman–Crippen LogP) is 1.21. The van der Waals surface area contributed by atoms with Gasteiger partial charge in [0.1, 0.15) is 17.4 Å². The molecule has 0 radical (unpaired) electrons.